The van der Waals surface area contributed by atoms with Gasteiger partial charge >= 0.3 is 0 Å². The van der Waals surface area contributed by atoms with Crippen molar-refractivity contribution >= 4 is 0 Å². The number of ether oxygens (including phenoxy) is 2. The fraction of sp³-hybridized carbons (Fsp3) is 0.368. The summed E-state index contributed by atoms with van der Waals surface area (Å²) in [6.07, 6.45) is 0.822. The molecule has 0 amide bonds. The van der Waals surface area contributed by atoms with Crippen LogP contribution in [-0.4, -0.2) is 13.2 Å². The molecule has 0 aliphatic carbocycles. The summed E-state index contributed by atoms with van der Waals surface area (Å²) in [5.41, 5.74) is -0.828. The summed E-state index contributed by atoms with van der Waals surface area (Å²) in [6.45, 7) is 2.77. The van der Waals surface area contributed by atoms with Gasteiger partial charge < -0.3 is 9.47 Å². The van der Waals surface area contributed by atoms with E-state index >= 15 is 0 Å². The van der Waals surface area contributed by atoms with Crippen LogP contribution in [0.1, 0.15) is 31.6 Å². The van der Waals surface area contributed by atoms with Crippen LogP contribution >= 0.6 is 0 Å². The molecule has 1 saturated heterocycles. The normalized spacial score (nSPS) is 20.4. The number of halogens is 5. The third-order valence-electron chi connectivity index (χ3n) is 4.32. The fourth-order valence-electron chi connectivity index (χ4n) is 2.98. The molecule has 1 heterocycles. The van der Waals surface area contributed by atoms with Gasteiger partial charge in [0, 0.05) is 17.0 Å². The van der Waals surface area contributed by atoms with E-state index in [9.17, 15) is 22.0 Å². The Morgan fingerprint density at radius 2 is 1.50 bits per heavy atom. The van der Waals surface area contributed by atoms with Gasteiger partial charge in [-0.15, -0.1) is 0 Å². The number of benzene rings is 2. The van der Waals surface area contributed by atoms with Crippen molar-refractivity contribution in [3.63, 3.8) is 0 Å². The van der Waals surface area contributed by atoms with Crippen molar-refractivity contribution in [1.82, 2.24) is 0 Å². The first kappa shape index (κ1) is 18.8. The molecule has 7 heteroatoms. The molecule has 0 aromatic heterocycles. The Morgan fingerprint density at radius 1 is 0.885 bits per heavy atom. The predicted octanol–water partition coefficient (Wildman–Crippen LogP) is 5.51. The van der Waals surface area contributed by atoms with Gasteiger partial charge in [-0.25, -0.2) is 22.0 Å². The molecule has 0 atom stereocenters. The van der Waals surface area contributed by atoms with Crippen molar-refractivity contribution in [2.75, 3.05) is 13.2 Å². The largest absolute Gasteiger partial charge is 0.348 e. The highest BCUT2D eigenvalue weighted by molar-refractivity contribution is 5.65. The molecular weight excluding hydrogens is 355 g/mol. The van der Waals surface area contributed by atoms with Crippen LogP contribution in [-0.2, 0) is 9.47 Å². The van der Waals surface area contributed by atoms with E-state index in [1.165, 1.54) is 6.07 Å². The molecule has 0 radical (unpaired) electrons. The number of hydrogen-bond acceptors (Lipinski definition) is 2. The van der Waals surface area contributed by atoms with E-state index < -0.39 is 35.4 Å². The maximum atomic E-state index is 14.5. The lowest BCUT2D eigenvalue weighted by atomic mass is 10.0. The summed E-state index contributed by atoms with van der Waals surface area (Å²) in [5.74, 6) is -6.97. The maximum absolute atomic E-state index is 14.5. The highest BCUT2D eigenvalue weighted by atomic mass is 19.2. The molecule has 0 spiro atoms. The summed E-state index contributed by atoms with van der Waals surface area (Å²) >= 11 is 0. The first-order valence-corrected chi connectivity index (χ1v) is 8.28. The molecule has 0 bridgehead atoms. The molecule has 0 N–H and O–H groups in total. The fourth-order valence-corrected chi connectivity index (χ4v) is 2.98. The quantitative estimate of drug-likeness (QED) is 0.520. The maximum Gasteiger partial charge on any atom is 0.194 e. The molecule has 3 rings (SSSR count). The molecule has 2 aromatic rings. The second-order valence-electron chi connectivity index (χ2n) is 6.24. The van der Waals surface area contributed by atoms with Crippen LogP contribution in [0.4, 0.5) is 22.0 Å². The van der Waals surface area contributed by atoms with Crippen LogP contribution in [0, 0.1) is 35.0 Å². The smallest absolute Gasteiger partial charge is 0.194 e. The van der Waals surface area contributed by atoms with E-state index in [0.717, 1.165) is 18.9 Å². The monoisotopic (exact) mass is 372 g/mol. The Balaban J connectivity index is 1.88. The summed E-state index contributed by atoms with van der Waals surface area (Å²) in [4.78, 5) is 0. The van der Waals surface area contributed by atoms with Crippen molar-refractivity contribution in [2.45, 2.75) is 26.1 Å². The molecule has 2 nitrogen and oxygen atoms in total. The van der Waals surface area contributed by atoms with Gasteiger partial charge in [-0.3, -0.25) is 0 Å². The third-order valence-corrected chi connectivity index (χ3v) is 4.32. The molecule has 0 saturated carbocycles. The molecular formula is C19H17F5O2. The average Bonchev–Trinajstić information content (AvgIpc) is 2.63. The highest BCUT2D eigenvalue weighted by Gasteiger charge is 2.28. The SMILES string of the molecule is CCCC1COC(c2ccc(-c3cc(F)c(F)c(F)c3)c(F)c2F)OC1. The van der Waals surface area contributed by atoms with Crippen molar-refractivity contribution in [1.29, 1.82) is 0 Å². The van der Waals surface area contributed by atoms with E-state index in [-0.39, 0.29) is 22.6 Å². The predicted molar refractivity (Wildman–Crippen MR) is 84.7 cm³/mol. The molecule has 1 fully saturated rings. The van der Waals surface area contributed by atoms with Gasteiger partial charge in [0.25, 0.3) is 0 Å². The zero-order valence-corrected chi connectivity index (χ0v) is 14.0. The molecule has 0 unspecified atom stereocenters. The van der Waals surface area contributed by atoms with Crippen LogP contribution in [0.5, 0.6) is 0 Å². The van der Waals surface area contributed by atoms with Crippen molar-refractivity contribution in [3.05, 3.63) is 58.9 Å². The zero-order valence-electron chi connectivity index (χ0n) is 14.0. The standard InChI is InChI=1S/C19H17F5O2/c1-2-3-10-8-25-19(26-9-10)13-5-4-12(16(22)17(13)23)11-6-14(20)18(24)15(21)7-11/h4-7,10,19H,2-3,8-9H2,1H3. The highest BCUT2D eigenvalue weighted by Crippen LogP contribution is 2.34. The van der Waals surface area contributed by atoms with Crippen LogP contribution < -0.4 is 0 Å². The van der Waals surface area contributed by atoms with Gasteiger partial charge in [-0.05, 0) is 24.1 Å². The number of rotatable bonds is 4. The molecule has 1 aliphatic heterocycles. The summed E-state index contributed by atoms with van der Waals surface area (Å²) < 4.78 is 79.6. The minimum Gasteiger partial charge on any atom is -0.348 e. The Labute approximate surface area is 147 Å². The number of hydrogen-bond donors (Lipinski definition) is 0. The van der Waals surface area contributed by atoms with E-state index in [2.05, 4.69) is 0 Å². The zero-order chi connectivity index (χ0) is 18.8. The van der Waals surface area contributed by atoms with Gasteiger partial charge in [-0.1, -0.05) is 25.5 Å². The van der Waals surface area contributed by atoms with Gasteiger partial charge in [-0.2, -0.15) is 0 Å². The first-order chi connectivity index (χ1) is 12.4. The topological polar surface area (TPSA) is 18.5 Å². The first-order valence-electron chi connectivity index (χ1n) is 8.28. The van der Waals surface area contributed by atoms with Crippen molar-refractivity contribution in [2.24, 2.45) is 5.92 Å². The molecule has 2 aromatic carbocycles. The second-order valence-corrected chi connectivity index (χ2v) is 6.24. The second kappa shape index (κ2) is 7.72. The van der Waals surface area contributed by atoms with E-state index in [0.29, 0.717) is 25.3 Å². The molecule has 1 aliphatic rings. The lowest BCUT2D eigenvalue weighted by molar-refractivity contribution is -0.207. The average molecular weight is 372 g/mol. The van der Waals surface area contributed by atoms with E-state index in [4.69, 9.17) is 9.47 Å². The van der Waals surface area contributed by atoms with Gasteiger partial charge in [0.2, 0.25) is 0 Å². The summed E-state index contributed by atoms with van der Waals surface area (Å²) in [5, 5.41) is 0. The van der Waals surface area contributed by atoms with Crippen LogP contribution in [0.2, 0.25) is 0 Å². The Kier molecular flexibility index (Phi) is 5.58. The van der Waals surface area contributed by atoms with E-state index in [1.807, 2.05) is 6.92 Å². The summed E-state index contributed by atoms with van der Waals surface area (Å²) in [6, 6.07) is 3.61. The Hall–Kier alpha value is -1.99. The van der Waals surface area contributed by atoms with Crippen molar-refractivity contribution < 1.29 is 31.4 Å². The Bertz CT molecular complexity index is 778. The van der Waals surface area contributed by atoms with E-state index in [1.54, 1.807) is 0 Å². The van der Waals surface area contributed by atoms with Gasteiger partial charge in [0.05, 0.1) is 13.2 Å². The summed E-state index contributed by atoms with van der Waals surface area (Å²) in [7, 11) is 0. The van der Waals surface area contributed by atoms with Crippen LogP contribution in [0.3, 0.4) is 0 Å². The molecule has 140 valence electrons. The van der Waals surface area contributed by atoms with Crippen LogP contribution in [0.25, 0.3) is 11.1 Å². The lowest BCUT2D eigenvalue weighted by Crippen LogP contribution is -2.27. The Morgan fingerprint density at radius 3 is 2.08 bits per heavy atom. The van der Waals surface area contributed by atoms with Crippen molar-refractivity contribution in [3.8, 4) is 11.1 Å². The molecule has 26 heavy (non-hydrogen) atoms. The third kappa shape index (κ3) is 3.59. The minimum absolute atomic E-state index is 0.135. The minimum atomic E-state index is -1.67. The van der Waals surface area contributed by atoms with Gasteiger partial charge in [0.15, 0.2) is 35.4 Å². The lowest BCUT2D eigenvalue weighted by Gasteiger charge is -2.29. The van der Waals surface area contributed by atoms with Crippen LogP contribution in [0.15, 0.2) is 24.3 Å². The van der Waals surface area contributed by atoms with Gasteiger partial charge in [0.1, 0.15) is 0 Å².